The van der Waals surface area contributed by atoms with Crippen LogP contribution in [0.3, 0.4) is 0 Å². The van der Waals surface area contributed by atoms with Crippen molar-refractivity contribution in [2.45, 2.75) is 20.0 Å². The van der Waals surface area contributed by atoms with Crippen molar-refractivity contribution in [2.75, 3.05) is 19.0 Å². The van der Waals surface area contributed by atoms with E-state index < -0.39 is 23.8 Å². The van der Waals surface area contributed by atoms with Crippen molar-refractivity contribution in [3.05, 3.63) is 59.9 Å². The number of ether oxygens (including phenoxy) is 3. The van der Waals surface area contributed by atoms with Gasteiger partial charge in [-0.1, -0.05) is 12.1 Å². The summed E-state index contributed by atoms with van der Waals surface area (Å²) in [6.45, 7) is 3.76. The maximum Gasteiger partial charge on any atom is 0.331 e. The number of benzene rings is 2. The lowest BCUT2D eigenvalue weighted by Gasteiger charge is -2.12. The van der Waals surface area contributed by atoms with Crippen LogP contribution in [0.2, 0.25) is 0 Å². The van der Waals surface area contributed by atoms with Crippen molar-refractivity contribution < 1.29 is 28.2 Å². The van der Waals surface area contributed by atoms with Crippen molar-refractivity contribution in [3.63, 3.8) is 0 Å². The minimum absolute atomic E-state index is 0.283. The third-order valence-electron chi connectivity index (χ3n) is 3.65. The number of carbonyl (C=O) groups excluding carboxylic acids is 2. The fourth-order valence-electron chi connectivity index (χ4n) is 2.31. The van der Waals surface area contributed by atoms with Crippen molar-refractivity contribution in [1.29, 1.82) is 0 Å². The molecule has 0 saturated heterocycles. The van der Waals surface area contributed by atoms with Gasteiger partial charge in [0.2, 0.25) is 0 Å². The molecular weight excluding hydrogens is 365 g/mol. The maximum atomic E-state index is 13.2. The van der Waals surface area contributed by atoms with E-state index in [0.29, 0.717) is 23.7 Å². The van der Waals surface area contributed by atoms with Gasteiger partial charge in [-0.05, 0) is 55.8 Å². The molecule has 6 nitrogen and oxygen atoms in total. The van der Waals surface area contributed by atoms with Crippen LogP contribution in [-0.2, 0) is 14.3 Å². The monoisotopic (exact) mass is 387 g/mol. The minimum Gasteiger partial charge on any atom is -0.493 e. The molecule has 0 bridgehead atoms. The second-order valence-corrected chi connectivity index (χ2v) is 5.76. The fraction of sp³-hybridized carbons (Fsp3) is 0.238. The summed E-state index contributed by atoms with van der Waals surface area (Å²) in [7, 11) is 1.54. The van der Waals surface area contributed by atoms with Crippen LogP contribution in [0.5, 0.6) is 11.5 Å². The van der Waals surface area contributed by atoms with E-state index >= 15 is 0 Å². The highest BCUT2D eigenvalue weighted by molar-refractivity contribution is 5.96. The molecule has 0 fully saturated rings. The Labute approximate surface area is 162 Å². The maximum absolute atomic E-state index is 13.2. The van der Waals surface area contributed by atoms with Gasteiger partial charge in [0.15, 0.2) is 17.6 Å². The molecule has 0 aliphatic carbocycles. The smallest absolute Gasteiger partial charge is 0.331 e. The number of halogens is 1. The molecule has 0 unspecified atom stereocenters. The first-order chi connectivity index (χ1) is 13.4. The lowest BCUT2D eigenvalue weighted by molar-refractivity contribution is -0.148. The van der Waals surface area contributed by atoms with E-state index in [1.165, 1.54) is 37.3 Å². The Morgan fingerprint density at radius 1 is 1.18 bits per heavy atom. The van der Waals surface area contributed by atoms with Crippen LogP contribution in [-0.4, -0.2) is 31.7 Å². The van der Waals surface area contributed by atoms with Gasteiger partial charge >= 0.3 is 5.97 Å². The van der Waals surface area contributed by atoms with Gasteiger partial charge in [-0.25, -0.2) is 9.18 Å². The van der Waals surface area contributed by atoms with Crippen LogP contribution in [0.1, 0.15) is 19.4 Å². The number of amides is 1. The minimum atomic E-state index is -1.05. The largest absolute Gasteiger partial charge is 0.493 e. The molecular formula is C21H22FNO5. The Bertz CT molecular complexity index is 866. The Morgan fingerprint density at radius 2 is 1.96 bits per heavy atom. The van der Waals surface area contributed by atoms with Crippen LogP contribution in [0.4, 0.5) is 10.1 Å². The molecule has 0 aliphatic heterocycles. The standard InChI is InChI=1S/C21H22FNO5/c1-4-27-19-12-15(8-10-18(19)26-3)9-11-20(24)28-14(2)21(25)23-17-7-5-6-16(22)13-17/h5-14H,4H2,1-3H3,(H,23,25)/b11-9+/t14-/m0/s1. The first kappa shape index (κ1) is 21.0. The molecule has 0 saturated carbocycles. The first-order valence-corrected chi connectivity index (χ1v) is 8.69. The normalized spacial score (nSPS) is 11.7. The van der Waals surface area contributed by atoms with Crippen LogP contribution in [0.15, 0.2) is 48.5 Å². The Balaban J connectivity index is 1.95. The van der Waals surface area contributed by atoms with E-state index in [1.54, 1.807) is 31.4 Å². The molecule has 1 amide bonds. The summed E-state index contributed by atoms with van der Waals surface area (Å²) in [6.07, 6.45) is 1.71. The van der Waals surface area contributed by atoms with Gasteiger partial charge in [0.1, 0.15) is 5.82 Å². The average Bonchev–Trinajstić information content (AvgIpc) is 2.66. The molecule has 0 aromatic heterocycles. The zero-order valence-electron chi connectivity index (χ0n) is 15.9. The van der Waals surface area contributed by atoms with Crippen LogP contribution >= 0.6 is 0 Å². The Morgan fingerprint density at radius 3 is 2.64 bits per heavy atom. The van der Waals surface area contributed by atoms with Crippen LogP contribution in [0.25, 0.3) is 6.08 Å². The van der Waals surface area contributed by atoms with E-state index in [4.69, 9.17) is 14.2 Å². The molecule has 7 heteroatoms. The SMILES string of the molecule is CCOc1cc(/C=C/C(=O)O[C@@H](C)C(=O)Nc2cccc(F)c2)ccc1OC. The molecule has 2 rings (SSSR count). The summed E-state index contributed by atoms with van der Waals surface area (Å²) in [5, 5.41) is 2.49. The summed E-state index contributed by atoms with van der Waals surface area (Å²) < 4.78 is 28.9. The van der Waals surface area contributed by atoms with Crippen molar-refractivity contribution in [2.24, 2.45) is 0 Å². The molecule has 1 atom stereocenters. The highest BCUT2D eigenvalue weighted by atomic mass is 19.1. The lowest BCUT2D eigenvalue weighted by Crippen LogP contribution is -2.29. The van der Waals surface area contributed by atoms with E-state index in [1.807, 2.05) is 6.92 Å². The predicted molar refractivity (Wildman–Crippen MR) is 104 cm³/mol. The molecule has 148 valence electrons. The highest BCUT2D eigenvalue weighted by Crippen LogP contribution is 2.28. The van der Waals surface area contributed by atoms with Crippen LogP contribution in [0, 0.1) is 5.82 Å². The average molecular weight is 387 g/mol. The number of esters is 1. The number of rotatable bonds is 8. The molecule has 0 spiro atoms. The topological polar surface area (TPSA) is 73.9 Å². The van der Waals surface area contributed by atoms with Gasteiger partial charge in [0, 0.05) is 11.8 Å². The predicted octanol–water partition coefficient (Wildman–Crippen LogP) is 3.82. The second-order valence-electron chi connectivity index (χ2n) is 5.76. The fourth-order valence-corrected chi connectivity index (χ4v) is 2.31. The number of hydrogen-bond acceptors (Lipinski definition) is 5. The van der Waals surface area contributed by atoms with E-state index in [2.05, 4.69) is 5.32 Å². The summed E-state index contributed by atoms with van der Waals surface area (Å²) in [4.78, 5) is 24.0. The molecule has 2 aromatic rings. The van der Waals surface area contributed by atoms with Crippen molar-refractivity contribution in [3.8, 4) is 11.5 Å². The number of methoxy groups -OCH3 is 1. The molecule has 0 aliphatic rings. The summed E-state index contributed by atoms with van der Waals surface area (Å²) in [5.41, 5.74) is 0.989. The third-order valence-corrected chi connectivity index (χ3v) is 3.65. The van der Waals surface area contributed by atoms with E-state index in [9.17, 15) is 14.0 Å². The summed E-state index contributed by atoms with van der Waals surface area (Å²) in [6, 6.07) is 10.7. The number of nitrogens with one attached hydrogen (secondary N) is 1. The number of carbonyl (C=O) groups is 2. The summed E-state index contributed by atoms with van der Waals surface area (Å²) in [5.74, 6) is -0.574. The van der Waals surface area contributed by atoms with Gasteiger partial charge in [0.25, 0.3) is 5.91 Å². The molecule has 1 N–H and O–H groups in total. The molecule has 2 aromatic carbocycles. The van der Waals surface area contributed by atoms with E-state index in [-0.39, 0.29) is 5.69 Å². The quantitative estimate of drug-likeness (QED) is 0.551. The van der Waals surface area contributed by atoms with Gasteiger partial charge < -0.3 is 19.5 Å². The highest BCUT2D eigenvalue weighted by Gasteiger charge is 2.17. The van der Waals surface area contributed by atoms with Gasteiger partial charge in [0.05, 0.1) is 13.7 Å². The van der Waals surface area contributed by atoms with Crippen LogP contribution < -0.4 is 14.8 Å². The van der Waals surface area contributed by atoms with Crippen molar-refractivity contribution in [1.82, 2.24) is 0 Å². The zero-order valence-corrected chi connectivity index (χ0v) is 15.9. The zero-order chi connectivity index (χ0) is 20.5. The Kier molecular flexibility index (Phi) is 7.56. The third kappa shape index (κ3) is 6.12. The second kappa shape index (κ2) is 10.1. The number of anilines is 1. The number of hydrogen-bond donors (Lipinski definition) is 1. The van der Waals surface area contributed by atoms with Gasteiger partial charge in [-0.15, -0.1) is 0 Å². The van der Waals surface area contributed by atoms with Gasteiger partial charge in [-0.2, -0.15) is 0 Å². The first-order valence-electron chi connectivity index (χ1n) is 8.69. The van der Waals surface area contributed by atoms with E-state index in [0.717, 1.165) is 0 Å². The molecule has 0 radical (unpaired) electrons. The molecule has 28 heavy (non-hydrogen) atoms. The van der Waals surface area contributed by atoms with Crippen molar-refractivity contribution >= 4 is 23.6 Å². The summed E-state index contributed by atoms with van der Waals surface area (Å²) >= 11 is 0. The lowest BCUT2D eigenvalue weighted by atomic mass is 10.2. The van der Waals surface area contributed by atoms with Gasteiger partial charge in [-0.3, -0.25) is 4.79 Å². The Hall–Kier alpha value is -3.35. The molecule has 0 heterocycles.